The number of nitrogens with two attached hydrogens (primary N) is 1. The molecule has 0 radical (unpaired) electrons. The second-order valence-corrected chi connectivity index (χ2v) is 6.87. The van der Waals surface area contributed by atoms with Gasteiger partial charge in [-0.25, -0.2) is 9.97 Å². The van der Waals surface area contributed by atoms with Crippen molar-refractivity contribution in [2.45, 2.75) is 51.2 Å². The number of rotatable bonds is 4. The van der Waals surface area contributed by atoms with Gasteiger partial charge in [-0.3, -0.25) is 0 Å². The number of hydrogen-bond acceptors (Lipinski definition) is 5. The summed E-state index contributed by atoms with van der Waals surface area (Å²) in [5.41, 5.74) is 6.93. The fourth-order valence-corrected chi connectivity index (χ4v) is 3.40. The van der Waals surface area contributed by atoms with Crippen molar-refractivity contribution in [2.75, 3.05) is 23.3 Å². The van der Waals surface area contributed by atoms with E-state index in [0.29, 0.717) is 17.0 Å². The van der Waals surface area contributed by atoms with Crippen LogP contribution in [0.25, 0.3) is 0 Å². The zero-order chi connectivity index (χ0) is 13.8. The van der Waals surface area contributed by atoms with Crippen molar-refractivity contribution < 1.29 is 0 Å². The average Bonchev–Trinajstić information content (AvgIpc) is 2.41. The van der Waals surface area contributed by atoms with E-state index in [0.717, 1.165) is 23.8 Å². The molecule has 1 atom stereocenters. The molecule has 1 aromatic rings. The zero-order valence-electron chi connectivity index (χ0n) is 12.1. The number of anilines is 2. The van der Waals surface area contributed by atoms with Gasteiger partial charge in [-0.1, -0.05) is 20.3 Å². The lowest BCUT2D eigenvalue weighted by molar-refractivity contribution is 0.676. The molecule has 19 heavy (non-hydrogen) atoms. The minimum absolute atomic E-state index is 0.299. The van der Waals surface area contributed by atoms with Crippen molar-refractivity contribution in [3.63, 3.8) is 0 Å². The normalized spacial score (nSPS) is 19.7. The largest absolute Gasteiger partial charge is 0.383 e. The van der Waals surface area contributed by atoms with Gasteiger partial charge in [0.25, 0.3) is 0 Å². The summed E-state index contributed by atoms with van der Waals surface area (Å²) >= 11 is 2.07. The molecule has 0 spiro atoms. The van der Waals surface area contributed by atoms with E-state index in [1.165, 1.54) is 25.0 Å². The minimum atomic E-state index is 0.299. The highest BCUT2D eigenvalue weighted by atomic mass is 32.2. The van der Waals surface area contributed by atoms with Gasteiger partial charge in [0, 0.05) is 23.3 Å². The summed E-state index contributed by atoms with van der Waals surface area (Å²) in [6.07, 6.45) is 4.01. The van der Waals surface area contributed by atoms with E-state index in [4.69, 9.17) is 5.73 Å². The Morgan fingerprint density at radius 2 is 2.16 bits per heavy atom. The first-order chi connectivity index (χ1) is 9.08. The molecule has 1 saturated heterocycles. The third kappa shape index (κ3) is 3.75. The van der Waals surface area contributed by atoms with Crippen LogP contribution >= 0.6 is 11.8 Å². The van der Waals surface area contributed by atoms with Crippen molar-refractivity contribution in [2.24, 2.45) is 0 Å². The molecular weight excluding hydrogens is 256 g/mol. The monoisotopic (exact) mass is 280 g/mol. The van der Waals surface area contributed by atoms with E-state index in [-0.39, 0.29) is 0 Å². The zero-order valence-corrected chi connectivity index (χ0v) is 12.9. The van der Waals surface area contributed by atoms with E-state index >= 15 is 0 Å². The minimum Gasteiger partial charge on any atom is -0.383 e. The van der Waals surface area contributed by atoms with Gasteiger partial charge in [-0.05, 0) is 25.5 Å². The van der Waals surface area contributed by atoms with Gasteiger partial charge in [-0.2, -0.15) is 11.8 Å². The molecule has 4 nitrogen and oxygen atoms in total. The topological polar surface area (TPSA) is 63.8 Å². The molecule has 3 N–H and O–H groups in total. The molecule has 0 aromatic carbocycles. The SMILES string of the molecule is Cc1c(N)nc(C(C)C)nc1NCC1CCCCS1. The Kier molecular flexibility index (Phi) is 4.91. The number of aromatic nitrogens is 2. The summed E-state index contributed by atoms with van der Waals surface area (Å²) in [5, 5.41) is 4.17. The van der Waals surface area contributed by atoms with Gasteiger partial charge >= 0.3 is 0 Å². The highest BCUT2D eigenvalue weighted by molar-refractivity contribution is 7.99. The van der Waals surface area contributed by atoms with Crippen LogP contribution in [0, 0.1) is 6.92 Å². The van der Waals surface area contributed by atoms with E-state index in [2.05, 4.69) is 40.9 Å². The quantitative estimate of drug-likeness (QED) is 0.887. The van der Waals surface area contributed by atoms with Gasteiger partial charge in [0.15, 0.2) is 0 Å². The van der Waals surface area contributed by atoms with E-state index in [1.54, 1.807) is 0 Å². The molecule has 1 aliphatic heterocycles. The van der Waals surface area contributed by atoms with Gasteiger partial charge in [0.1, 0.15) is 17.5 Å². The molecule has 2 heterocycles. The molecule has 0 bridgehead atoms. The molecule has 0 aliphatic carbocycles. The average molecular weight is 280 g/mol. The third-order valence-electron chi connectivity index (χ3n) is 3.49. The lowest BCUT2D eigenvalue weighted by atomic mass is 10.2. The lowest BCUT2D eigenvalue weighted by Gasteiger charge is -2.22. The molecular formula is C14H24N4S. The van der Waals surface area contributed by atoms with Crippen LogP contribution in [-0.2, 0) is 0 Å². The number of nitrogens with zero attached hydrogens (tertiary/aromatic N) is 2. The summed E-state index contributed by atoms with van der Waals surface area (Å²) in [4.78, 5) is 8.95. The molecule has 1 aliphatic rings. The molecule has 0 amide bonds. The second kappa shape index (κ2) is 6.46. The molecule has 1 aromatic heterocycles. The predicted octanol–water partition coefficient (Wildman–Crippen LogP) is 3.19. The maximum absolute atomic E-state index is 5.97. The van der Waals surface area contributed by atoms with Crippen LogP contribution in [0.5, 0.6) is 0 Å². The first-order valence-electron chi connectivity index (χ1n) is 7.07. The molecule has 1 fully saturated rings. The van der Waals surface area contributed by atoms with Crippen molar-refractivity contribution in [3.05, 3.63) is 11.4 Å². The van der Waals surface area contributed by atoms with Crippen LogP contribution < -0.4 is 11.1 Å². The number of nitrogens with one attached hydrogen (secondary N) is 1. The number of thioether (sulfide) groups is 1. The molecule has 5 heteroatoms. The highest BCUT2D eigenvalue weighted by Gasteiger charge is 2.16. The van der Waals surface area contributed by atoms with E-state index < -0.39 is 0 Å². The standard InChI is InChI=1S/C14H24N4S/c1-9(2)13-17-12(15)10(3)14(18-13)16-8-11-6-4-5-7-19-11/h9,11H,4-8H2,1-3H3,(H3,15,16,17,18). The van der Waals surface area contributed by atoms with Crippen molar-refractivity contribution >= 4 is 23.4 Å². The molecule has 2 rings (SSSR count). The second-order valence-electron chi connectivity index (χ2n) is 5.46. The lowest BCUT2D eigenvalue weighted by Crippen LogP contribution is -2.21. The Bertz CT molecular complexity index is 428. The summed E-state index contributed by atoms with van der Waals surface area (Å²) in [7, 11) is 0. The Hall–Kier alpha value is -0.970. The fourth-order valence-electron chi connectivity index (χ4n) is 2.16. The molecule has 1 unspecified atom stereocenters. The van der Waals surface area contributed by atoms with Crippen LogP contribution in [0.2, 0.25) is 0 Å². The van der Waals surface area contributed by atoms with Crippen LogP contribution in [0.1, 0.15) is 50.4 Å². The maximum atomic E-state index is 5.97. The van der Waals surface area contributed by atoms with E-state index in [1.807, 2.05) is 6.92 Å². The van der Waals surface area contributed by atoms with Crippen molar-refractivity contribution in [1.29, 1.82) is 0 Å². The molecule has 106 valence electrons. The van der Waals surface area contributed by atoms with Crippen LogP contribution in [0.15, 0.2) is 0 Å². The van der Waals surface area contributed by atoms with Gasteiger partial charge < -0.3 is 11.1 Å². The number of nitrogen functional groups attached to an aromatic ring is 1. The Morgan fingerprint density at radius 3 is 2.79 bits per heavy atom. The summed E-state index contributed by atoms with van der Waals surface area (Å²) < 4.78 is 0. The van der Waals surface area contributed by atoms with Crippen LogP contribution in [0.4, 0.5) is 11.6 Å². The van der Waals surface area contributed by atoms with Gasteiger partial charge in [0.2, 0.25) is 0 Å². The first kappa shape index (κ1) is 14.4. The smallest absolute Gasteiger partial charge is 0.135 e. The Morgan fingerprint density at radius 1 is 1.37 bits per heavy atom. The third-order valence-corrected chi connectivity index (χ3v) is 4.89. The Labute approximate surface area is 120 Å². The summed E-state index contributed by atoms with van der Waals surface area (Å²) in [6, 6.07) is 0. The first-order valence-corrected chi connectivity index (χ1v) is 8.12. The van der Waals surface area contributed by atoms with Crippen molar-refractivity contribution in [3.8, 4) is 0 Å². The summed E-state index contributed by atoms with van der Waals surface area (Å²) in [5.74, 6) is 3.91. The summed E-state index contributed by atoms with van der Waals surface area (Å²) in [6.45, 7) is 7.13. The van der Waals surface area contributed by atoms with Crippen molar-refractivity contribution in [1.82, 2.24) is 9.97 Å². The van der Waals surface area contributed by atoms with E-state index in [9.17, 15) is 0 Å². The highest BCUT2D eigenvalue weighted by Crippen LogP contribution is 2.26. The maximum Gasteiger partial charge on any atom is 0.135 e. The van der Waals surface area contributed by atoms with Crippen LogP contribution in [0.3, 0.4) is 0 Å². The van der Waals surface area contributed by atoms with Gasteiger partial charge in [-0.15, -0.1) is 0 Å². The fraction of sp³-hybridized carbons (Fsp3) is 0.714. The van der Waals surface area contributed by atoms with Gasteiger partial charge in [0.05, 0.1) is 0 Å². The Balaban J connectivity index is 2.05. The predicted molar refractivity (Wildman–Crippen MR) is 83.9 cm³/mol. The van der Waals surface area contributed by atoms with Crippen LogP contribution in [-0.4, -0.2) is 27.5 Å². The molecule has 0 saturated carbocycles. The number of hydrogen-bond donors (Lipinski definition) is 2.